The number of anilines is 1. The summed E-state index contributed by atoms with van der Waals surface area (Å²) in [6.07, 6.45) is -4.36. The minimum atomic E-state index is -4.48. The van der Waals surface area contributed by atoms with Gasteiger partial charge in [0, 0.05) is 38.4 Å². The van der Waals surface area contributed by atoms with Gasteiger partial charge in [-0.05, 0) is 41.8 Å². The first-order chi connectivity index (χ1) is 14.6. The lowest BCUT2D eigenvalue weighted by molar-refractivity contribution is -0.138. The first-order valence-corrected chi connectivity index (χ1v) is 10.6. The van der Waals surface area contributed by atoms with Crippen molar-refractivity contribution in [2.24, 2.45) is 0 Å². The summed E-state index contributed by atoms with van der Waals surface area (Å²) in [6.45, 7) is 7.59. The van der Waals surface area contributed by atoms with Crippen LogP contribution in [0.1, 0.15) is 42.0 Å². The maximum atomic E-state index is 13.7. The van der Waals surface area contributed by atoms with Crippen molar-refractivity contribution >= 4 is 11.6 Å². The third kappa shape index (κ3) is 6.55. The van der Waals surface area contributed by atoms with E-state index in [0.29, 0.717) is 5.92 Å². The Morgan fingerprint density at radius 1 is 1.03 bits per heavy atom. The molecule has 0 radical (unpaired) electrons. The number of carbonyl (C=O) groups is 1. The number of nitrogens with one attached hydrogen (secondary N) is 1. The number of hydrogen-bond donors (Lipinski definition) is 1. The molecule has 0 aliphatic carbocycles. The maximum Gasteiger partial charge on any atom is 0.416 e. The zero-order valence-corrected chi connectivity index (χ0v) is 18.3. The highest BCUT2D eigenvalue weighted by atomic mass is 19.4. The number of rotatable bonds is 6. The van der Waals surface area contributed by atoms with Crippen molar-refractivity contribution in [3.63, 3.8) is 0 Å². The van der Waals surface area contributed by atoms with Crippen LogP contribution in [0.4, 0.5) is 18.9 Å². The van der Waals surface area contributed by atoms with Crippen molar-refractivity contribution in [1.29, 1.82) is 0 Å². The molecule has 1 N–H and O–H groups in total. The SMILES string of the molecule is CC(C)c1ccc(CC(=O)Nc2ccc(CN3CCN(C)CC3)c(C(F)(F)F)c2)cc1. The van der Waals surface area contributed by atoms with Crippen molar-refractivity contribution in [3.05, 3.63) is 64.7 Å². The molecule has 0 atom stereocenters. The predicted octanol–water partition coefficient (Wildman–Crippen LogP) is 4.76. The molecule has 1 saturated heterocycles. The predicted molar refractivity (Wildman–Crippen MR) is 117 cm³/mol. The molecule has 168 valence electrons. The topological polar surface area (TPSA) is 35.6 Å². The number of halogens is 3. The minimum absolute atomic E-state index is 0.114. The van der Waals surface area contributed by atoms with Crippen molar-refractivity contribution < 1.29 is 18.0 Å². The Bertz CT molecular complexity index is 886. The highest BCUT2D eigenvalue weighted by Gasteiger charge is 2.34. The fourth-order valence-electron chi connectivity index (χ4n) is 3.71. The molecule has 1 fully saturated rings. The van der Waals surface area contributed by atoms with Gasteiger partial charge < -0.3 is 10.2 Å². The van der Waals surface area contributed by atoms with Crippen LogP contribution in [0.2, 0.25) is 0 Å². The molecular weight excluding hydrogens is 403 g/mol. The van der Waals surface area contributed by atoms with Crippen LogP contribution in [0, 0.1) is 0 Å². The quantitative estimate of drug-likeness (QED) is 0.714. The Hall–Kier alpha value is -2.38. The zero-order chi connectivity index (χ0) is 22.6. The molecule has 1 aliphatic rings. The summed E-state index contributed by atoms with van der Waals surface area (Å²) in [4.78, 5) is 16.6. The summed E-state index contributed by atoms with van der Waals surface area (Å²) in [7, 11) is 2.01. The van der Waals surface area contributed by atoms with Gasteiger partial charge in [-0.1, -0.05) is 44.2 Å². The van der Waals surface area contributed by atoms with Gasteiger partial charge in [0.05, 0.1) is 12.0 Å². The van der Waals surface area contributed by atoms with E-state index in [1.165, 1.54) is 11.6 Å². The van der Waals surface area contributed by atoms with E-state index in [1.807, 2.05) is 36.2 Å². The van der Waals surface area contributed by atoms with Crippen LogP contribution < -0.4 is 5.32 Å². The van der Waals surface area contributed by atoms with Gasteiger partial charge in [0.2, 0.25) is 5.91 Å². The molecule has 3 rings (SSSR count). The standard InChI is InChI=1S/C24H30F3N3O/c1-17(2)19-6-4-18(5-7-19)14-23(31)28-21-9-8-20(22(15-21)24(25,26)27)16-30-12-10-29(3)11-13-30/h4-9,15,17H,10-14,16H2,1-3H3,(H,28,31). The van der Waals surface area contributed by atoms with Crippen molar-refractivity contribution in [3.8, 4) is 0 Å². The molecule has 1 aliphatic heterocycles. The van der Waals surface area contributed by atoms with Gasteiger partial charge in [-0.2, -0.15) is 13.2 Å². The molecule has 2 aromatic rings. The Labute approximate surface area is 182 Å². The van der Waals surface area contributed by atoms with Gasteiger partial charge in [0.1, 0.15) is 0 Å². The fraction of sp³-hybridized carbons (Fsp3) is 0.458. The van der Waals surface area contributed by atoms with E-state index in [4.69, 9.17) is 0 Å². The molecular formula is C24H30F3N3O. The molecule has 0 saturated carbocycles. The normalized spacial score (nSPS) is 16.0. The highest BCUT2D eigenvalue weighted by Crippen LogP contribution is 2.34. The van der Waals surface area contributed by atoms with E-state index in [-0.39, 0.29) is 30.1 Å². The summed E-state index contributed by atoms with van der Waals surface area (Å²) in [5.74, 6) is 0.0604. The minimum Gasteiger partial charge on any atom is -0.326 e. The van der Waals surface area contributed by atoms with Gasteiger partial charge in [-0.15, -0.1) is 0 Å². The van der Waals surface area contributed by atoms with Gasteiger partial charge in [0.15, 0.2) is 0 Å². The van der Waals surface area contributed by atoms with Crippen LogP contribution in [0.25, 0.3) is 0 Å². The molecule has 2 aromatic carbocycles. The van der Waals surface area contributed by atoms with E-state index in [0.717, 1.165) is 37.8 Å². The zero-order valence-electron chi connectivity index (χ0n) is 18.3. The molecule has 1 amide bonds. The summed E-state index contributed by atoms with van der Waals surface area (Å²) in [5, 5.41) is 2.62. The number of piperazine rings is 1. The molecule has 0 spiro atoms. The lowest BCUT2D eigenvalue weighted by Crippen LogP contribution is -2.44. The van der Waals surface area contributed by atoms with E-state index in [1.54, 1.807) is 6.07 Å². The Morgan fingerprint density at radius 2 is 1.68 bits per heavy atom. The lowest BCUT2D eigenvalue weighted by atomic mass is 10.0. The number of hydrogen-bond acceptors (Lipinski definition) is 3. The van der Waals surface area contributed by atoms with Crippen molar-refractivity contribution in [1.82, 2.24) is 9.80 Å². The largest absolute Gasteiger partial charge is 0.416 e. The number of likely N-dealkylation sites (N-methyl/N-ethyl adjacent to an activating group) is 1. The van der Waals surface area contributed by atoms with Crippen LogP contribution in [-0.2, 0) is 23.9 Å². The second-order valence-corrected chi connectivity index (χ2v) is 8.57. The maximum absolute atomic E-state index is 13.7. The summed E-state index contributed by atoms with van der Waals surface area (Å²) in [5.41, 5.74) is 1.71. The van der Waals surface area contributed by atoms with Crippen LogP contribution in [0.5, 0.6) is 0 Å². The fourth-order valence-corrected chi connectivity index (χ4v) is 3.71. The summed E-state index contributed by atoms with van der Waals surface area (Å²) < 4.78 is 41.1. The van der Waals surface area contributed by atoms with E-state index in [2.05, 4.69) is 24.1 Å². The van der Waals surface area contributed by atoms with Crippen LogP contribution in [0.15, 0.2) is 42.5 Å². The number of amides is 1. The Morgan fingerprint density at radius 3 is 2.26 bits per heavy atom. The average Bonchev–Trinajstić information content (AvgIpc) is 2.70. The van der Waals surface area contributed by atoms with Gasteiger partial charge in [0.25, 0.3) is 0 Å². The molecule has 31 heavy (non-hydrogen) atoms. The monoisotopic (exact) mass is 433 g/mol. The van der Waals surface area contributed by atoms with Crippen molar-refractivity contribution in [2.45, 2.75) is 38.9 Å². The first-order valence-electron chi connectivity index (χ1n) is 10.6. The molecule has 4 nitrogen and oxygen atoms in total. The number of nitrogens with zero attached hydrogens (tertiary/aromatic N) is 2. The number of alkyl halides is 3. The van der Waals surface area contributed by atoms with Crippen LogP contribution in [0.3, 0.4) is 0 Å². The van der Waals surface area contributed by atoms with Gasteiger partial charge >= 0.3 is 6.18 Å². The third-order valence-electron chi connectivity index (χ3n) is 5.70. The third-order valence-corrected chi connectivity index (χ3v) is 5.70. The van der Waals surface area contributed by atoms with Crippen LogP contribution >= 0.6 is 0 Å². The smallest absolute Gasteiger partial charge is 0.326 e. The van der Waals surface area contributed by atoms with E-state index < -0.39 is 11.7 Å². The van der Waals surface area contributed by atoms with E-state index in [9.17, 15) is 18.0 Å². The molecule has 0 aromatic heterocycles. The summed E-state index contributed by atoms with van der Waals surface area (Å²) >= 11 is 0. The molecule has 0 unspecified atom stereocenters. The average molecular weight is 434 g/mol. The van der Waals surface area contributed by atoms with Gasteiger partial charge in [-0.3, -0.25) is 9.69 Å². The van der Waals surface area contributed by atoms with E-state index >= 15 is 0 Å². The van der Waals surface area contributed by atoms with Crippen molar-refractivity contribution in [2.75, 3.05) is 38.5 Å². The Kier molecular flexibility index (Phi) is 7.38. The molecule has 7 heteroatoms. The number of benzene rings is 2. The second-order valence-electron chi connectivity index (χ2n) is 8.57. The number of carbonyl (C=O) groups excluding carboxylic acids is 1. The Balaban J connectivity index is 1.69. The first kappa shape index (κ1) is 23.3. The molecule has 0 bridgehead atoms. The van der Waals surface area contributed by atoms with Gasteiger partial charge in [-0.25, -0.2) is 0 Å². The lowest BCUT2D eigenvalue weighted by Gasteiger charge is -2.33. The summed E-state index contributed by atoms with van der Waals surface area (Å²) in [6, 6.07) is 11.8. The van der Waals surface area contributed by atoms with Crippen LogP contribution in [-0.4, -0.2) is 48.9 Å². The highest BCUT2D eigenvalue weighted by molar-refractivity contribution is 5.92. The molecule has 1 heterocycles. The second kappa shape index (κ2) is 9.83.